The summed E-state index contributed by atoms with van der Waals surface area (Å²) < 4.78 is 7.54. The minimum absolute atomic E-state index is 0.0388. The number of thiophene rings is 1. The Morgan fingerprint density at radius 1 is 0.350 bits per heavy atom. The number of rotatable bonds is 4. The highest BCUT2D eigenvalue weighted by Crippen LogP contribution is 2.50. The van der Waals surface area contributed by atoms with Gasteiger partial charge in [-0.1, -0.05) is 159 Å². The molecule has 0 fully saturated rings. The molecule has 3 aromatic heterocycles. The van der Waals surface area contributed by atoms with Crippen molar-refractivity contribution in [2.75, 3.05) is 0 Å². The molecule has 9 aromatic carbocycles. The maximum Gasteiger partial charge on any atom is 0.0640 e. The van der Waals surface area contributed by atoms with Gasteiger partial charge < -0.3 is 9.13 Å². The van der Waals surface area contributed by atoms with Gasteiger partial charge in [-0.2, -0.15) is 0 Å². The van der Waals surface area contributed by atoms with Gasteiger partial charge in [0, 0.05) is 48.1 Å². The summed E-state index contributed by atoms with van der Waals surface area (Å²) in [5.74, 6) is 0. The lowest BCUT2D eigenvalue weighted by atomic mass is 9.81. The van der Waals surface area contributed by atoms with Gasteiger partial charge >= 0.3 is 0 Å². The largest absolute Gasteiger partial charge is 0.309 e. The van der Waals surface area contributed by atoms with Crippen molar-refractivity contribution in [3.8, 4) is 44.8 Å². The van der Waals surface area contributed by atoms with Crippen LogP contribution in [0.4, 0.5) is 0 Å². The van der Waals surface area contributed by atoms with Crippen LogP contribution in [-0.2, 0) is 5.41 Å². The fraction of sp³-hybridized carbons (Fsp3) is 0.0526. The average Bonchev–Trinajstić information content (AvgIpc) is 4.01. The molecule has 0 aliphatic heterocycles. The van der Waals surface area contributed by atoms with Crippen molar-refractivity contribution in [3.63, 3.8) is 0 Å². The number of hydrogen-bond donors (Lipinski definition) is 0. The SMILES string of the molecule is CC1(C)c2ccccc2-c2ccc(-c3cccc(-c4cccc5c4sc4c(-n6c7ccccc7c7ccc(-n8c9ccccc9c9ccccc98)cc76)cccc45)c3)cc21. The van der Waals surface area contributed by atoms with Crippen LogP contribution in [0.25, 0.3) is 109 Å². The van der Waals surface area contributed by atoms with E-state index in [9.17, 15) is 0 Å². The summed E-state index contributed by atoms with van der Waals surface area (Å²) in [6.07, 6.45) is 0. The third kappa shape index (κ3) is 4.64. The van der Waals surface area contributed by atoms with E-state index in [-0.39, 0.29) is 5.41 Å². The lowest BCUT2D eigenvalue weighted by Gasteiger charge is -2.22. The molecule has 0 saturated carbocycles. The first kappa shape index (κ1) is 33.7. The molecule has 3 heterocycles. The molecule has 60 heavy (non-hydrogen) atoms. The minimum atomic E-state index is -0.0388. The second kappa shape index (κ2) is 12.4. The number of fused-ring (bicyclic) bond motifs is 12. The predicted molar refractivity (Wildman–Crippen MR) is 256 cm³/mol. The zero-order valence-electron chi connectivity index (χ0n) is 33.3. The molecule has 0 spiro atoms. The third-order valence-corrected chi connectivity index (χ3v) is 14.6. The molecule has 1 aliphatic carbocycles. The minimum Gasteiger partial charge on any atom is -0.309 e. The standard InChI is InChI=1S/C57H38N2S/c1-57(2)48-23-7-3-16-40(48)41-30-28-36(33-49(41)57)35-14-11-15-37(32-35)39-20-12-21-46-47-22-13-27-53(56(47)60-55(39)46)59-52-26-10-6-19-44(52)45-31-29-38(34-54(45)59)58-50-24-8-4-17-42(50)43-18-5-9-25-51(43)58/h3-34H,1-2H3. The van der Waals surface area contributed by atoms with E-state index in [1.807, 2.05) is 11.3 Å². The first-order valence-corrected chi connectivity index (χ1v) is 21.7. The maximum atomic E-state index is 2.51. The molecule has 0 atom stereocenters. The van der Waals surface area contributed by atoms with Crippen LogP contribution < -0.4 is 0 Å². The number of benzene rings is 9. The van der Waals surface area contributed by atoms with Gasteiger partial charge in [-0.3, -0.25) is 0 Å². The number of para-hydroxylation sites is 3. The Morgan fingerprint density at radius 2 is 0.900 bits per heavy atom. The van der Waals surface area contributed by atoms with E-state index in [2.05, 4.69) is 217 Å². The zero-order chi connectivity index (χ0) is 39.7. The number of hydrogen-bond acceptors (Lipinski definition) is 1. The summed E-state index contributed by atoms with van der Waals surface area (Å²) in [6.45, 7) is 4.72. The lowest BCUT2D eigenvalue weighted by molar-refractivity contribution is 0.660. The van der Waals surface area contributed by atoms with Crippen molar-refractivity contribution in [3.05, 3.63) is 205 Å². The Morgan fingerprint density at radius 3 is 1.67 bits per heavy atom. The van der Waals surface area contributed by atoms with E-state index in [4.69, 9.17) is 0 Å². The van der Waals surface area contributed by atoms with E-state index < -0.39 is 0 Å². The topological polar surface area (TPSA) is 9.86 Å². The Labute approximate surface area is 351 Å². The summed E-state index contributed by atoms with van der Waals surface area (Å²) in [4.78, 5) is 0. The van der Waals surface area contributed by atoms with Crippen LogP contribution in [0.15, 0.2) is 194 Å². The van der Waals surface area contributed by atoms with Gasteiger partial charge in [0.15, 0.2) is 0 Å². The summed E-state index contributed by atoms with van der Waals surface area (Å²) in [5, 5.41) is 7.64. The van der Waals surface area contributed by atoms with E-state index in [0.29, 0.717) is 0 Å². The van der Waals surface area contributed by atoms with E-state index in [1.165, 1.54) is 114 Å². The van der Waals surface area contributed by atoms with Gasteiger partial charge in [0.25, 0.3) is 0 Å². The van der Waals surface area contributed by atoms with Crippen molar-refractivity contribution in [2.24, 2.45) is 0 Å². The zero-order valence-corrected chi connectivity index (χ0v) is 34.1. The van der Waals surface area contributed by atoms with Crippen molar-refractivity contribution in [1.29, 1.82) is 0 Å². The van der Waals surface area contributed by atoms with Gasteiger partial charge in [-0.15, -0.1) is 11.3 Å². The summed E-state index contributed by atoms with van der Waals surface area (Å²) in [5.41, 5.74) is 17.7. The first-order chi connectivity index (χ1) is 29.5. The van der Waals surface area contributed by atoms with Crippen molar-refractivity contribution in [2.45, 2.75) is 19.3 Å². The van der Waals surface area contributed by atoms with Crippen molar-refractivity contribution in [1.82, 2.24) is 9.13 Å². The molecule has 13 rings (SSSR count). The second-order valence-corrected chi connectivity index (χ2v) is 17.9. The fourth-order valence-corrected chi connectivity index (χ4v) is 11.9. The summed E-state index contributed by atoms with van der Waals surface area (Å²) >= 11 is 1.92. The quantitative estimate of drug-likeness (QED) is 0.168. The number of nitrogens with zero attached hydrogens (tertiary/aromatic N) is 2. The molecule has 2 nitrogen and oxygen atoms in total. The van der Waals surface area contributed by atoms with Crippen LogP contribution in [0, 0.1) is 0 Å². The van der Waals surface area contributed by atoms with Crippen LogP contribution >= 0.6 is 11.3 Å². The van der Waals surface area contributed by atoms with Crippen LogP contribution in [0.2, 0.25) is 0 Å². The number of aromatic nitrogens is 2. The molecule has 0 unspecified atom stereocenters. The Balaban J connectivity index is 0.985. The molecule has 0 saturated heterocycles. The van der Waals surface area contributed by atoms with Crippen LogP contribution in [0.3, 0.4) is 0 Å². The summed E-state index contributed by atoms with van der Waals surface area (Å²) in [6, 6.07) is 72.2. The van der Waals surface area contributed by atoms with Crippen molar-refractivity contribution >= 4 is 75.1 Å². The van der Waals surface area contributed by atoms with Gasteiger partial charge in [-0.25, -0.2) is 0 Å². The summed E-state index contributed by atoms with van der Waals surface area (Å²) in [7, 11) is 0. The van der Waals surface area contributed by atoms with Crippen LogP contribution in [-0.4, -0.2) is 9.13 Å². The molecular formula is C57H38N2S. The van der Waals surface area contributed by atoms with Gasteiger partial charge in [-0.05, 0) is 93.0 Å². The van der Waals surface area contributed by atoms with E-state index >= 15 is 0 Å². The van der Waals surface area contributed by atoms with E-state index in [1.54, 1.807) is 0 Å². The molecule has 0 radical (unpaired) electrons. The molecule has 3 heteroatoms. The van der Waals surface area contributed by atoms with Gasteiger partial charge in [0.2, 0.25) is 0 Å². The van der Waals surface area contributed by atoms with Gasteiger partial charge in [0.1, 0.15) is 0 Å². The Hall–Kier alpha value is -7.20. The normalized spacial score (nSPS) is 13.3. The molecule has 12 aromatic rings. The Bertz CT molecular complexity index is 3700. The average molecular weight is 783 g/mol. The lowest BCUT2D eigenvalue weighted by Crippen LogP contribution is -2.14. The Kier molecular flexibility index (Phi) is 6.98. The second-order valence-electron chi connectivity index (χ2n) is 16.9. The molecule has 1 aliphatic rings. The highest BCUT2D eigenvalue weighted by molar-refractivity contribution is 7.26. The van der Waals surface area contributed by atoms with E-state index in [0.717, 1.165) is 5.69 Å². The van der Waals surface area contributed by atoms with Crippen LogP contribution in [0.5, 0.6) is 0 Å². The molecule has 0 N–H and O–H groups in total. The highest BCUT2D eigenvalue weighted by Gasteiger charge is 2.35. The third-order valence-electron chi connectivity index (χ3n) is 13.3. The first-order valence-electron chi connectivity index (χ1n) is 20.8. The maximum absolute atomic E-state index is 2.51. The van der Waals surface area contributed by atoms with Crippen LogP contribution in [0.1, 0.15) is 25.0 Å². The predicted octanol–water partition coefficient (Wildman–Crippen LogP) is 15.9. The molecule has 282 valence electrons. The van der Waals surface area contributed by atoms with Crippen molar-refractivity contribution < 1.29 is 0 Å². The van der Waals surface area contributed by atoms with Gasteiger partial charge in [0.05, 0.1) is 32.5 Å². The molecule has 0 bridgehead atoms. The highest BCUT2D eigenvalue weighted by atomic mass is 32.1. The molecule has 0 amide bonds. The fourth-order valence-electron chi connectivity index (χ4n) is 10.5. The smallest absolute Gasteiger partial charge is 0.0640 e. The molecular weight excluding hydrogens is 745 g/mol. The monoisotopic (exact) mass is 782 g/mol.